The zero-order valence-corrected chi connectivity index (χ0v) is 14.3. The predicted octanol–water partition coefficient (Wildman–Crippen LogP) is 4.27. The molecule has 3 aromatic rings. The highest BCUT2D eigenvalue weighted by atomic mass is 35.5. The average molecular weight is 359 g/mol. The number of fused-ring (bicyclic) bond motifs is 1. The second kappa shape index (κ2) is 6.61. The largest absolute Gasteiger partial charge is 0.479 e. The van der Waals surface area contributed by atoms with E-state index in [0.29, 0.717) is 16.2 Å². The number of rotatable bonds is 4. The van der Waals surface area contributed by atoms with Crippen molar-refractivity contribution in [2.75, 3.05) is 0 Å². The fraction of sp³-hybridized carbons (Fsp3) is 0.158. The number of ether oxygens (including phenoxy) is 1. The molecule has 1 heterocycles. The number of carboxylic acids is 1. The van der Waals surface area contributed by atoms with Gasteiger partial charge in [-0.1, -0.05) is 41.9 Å². The standard InChI is InChI=1S/C19H15ClO5/c1-10-8-15-13(9-14(10)20)16(21)18(24-11(2)19(22)23)17(25-15)12-6-4-3-5-7-12/h3-9,11H,1-2H3,(H,22,23)/t11-/m1/s1. The summed E-state index contributed by atoms with van der Waals surface area (Å²) in [5.74, 6) is -1.14. The molecule has 0 fully saturated rings. The monoisotopic (exact) mass is 358 g/mol. The van der Waals surface area contributed by atoms with Gasteiger partial charge in [0.1, 0.15) is 5.58 Å². The van der Waals surface area contributed by atoms with Gasteiger partial charge in [0.15, 0.2) is 11.9 Å². The van der Waals surface area contributed by atoms with Gasteiger partial charge in [0, 0.05) is 10.6 Å². The van der Waals surface area contributed by atoms with Crippen molar-refractivity contribution in [3.05, 3.63) is 63.3 Å². The third-order valence-electron chi connectivity index (χ3n) is 3.81. The van der Waals surface area contributed by atoms with Crippen molar-refractivity contribution in [2.45, 2.75) is 20.0 Å². The van der Waals surface area contributed by atoms with Gasteiger partial charge in [0.2, 0.25) is 11.2 Å². The molecule has 0 radical (unpaired) electrons. The van der Waals surface area contributed by atoms with Gasteiger partial charge in [0.25, 0.3) is 0 Å². The molecular formula is C19H15ClO5. The predicted molar refractivity (Wildman–Crippen MR) is 95.4 cm³/mol. The van der Waals surface area contributed by atoms with Crippen LogP contribution in [0.1, 0.15) is 12.5 Å². The number of hydrogen-bond donors (Lipinski definition) is 1. The highest BCUT2D eigenvalue weighted by molar-refractivity contribution is 6.32. The van der Waals surface area contributed by atoms with Crippen molar-refractivity contribution >= 4 is 28.5 Å². The maximum absolute atomic E-state index is 12.9. The van der Waals surface area contributed by atoms with E-state index in [1.165, 1.54) is 13.0 Å². The summed E-state index contributed by atoms with van der Waals surface area (Å²) in [4.78, 5) is 24.1. The van der Waals surface area contributed by atoms with E-state index >= 15 is 0 Å². The van der Waals surface area contributed by atoms with E-state index in [0.717, 1.165) is 5.56 Å². The summed E-state index contributed by atoms with van der Waals surface area (Å²) in [7, 11) is 0. The molecule has 5 nitrogen and oxygen atoms in total. The van der Waals surface area contributed by atoms with Crippen LogP contribution in [0.2, 0.25) is 5.02 Å². The van der Waals surface area contributed by atoms with Crippen molar-refractivity contribution < 1.29 is 19.1 Å². The number of halogens is 1. The second-order valence-electron chi connectivity index (χ2n) is 5.65. The summed E-state index contributed by atoms with van der Waals surface area (Å²) < 4.78 is 11.3. The summed E-state index contributed by atoms with van der Waals surface area (Å²) in [6, 6.07) is 12.1. The molecule has 25 heavy (non-hydrogen) atoms. The summed E-state index contributed by atoms with van der Waals surface area (Å²) in [5, 5.41) is 9.77. The van der Waals surface area contributed by atoms with Crippen molar-refractivity contribution in [1.82, 2.24) is 0 Å². The Morgan fingerprint density at radius 3 is 2.56 bits per heavy atom. The Balaban J connectivity index is 2.32. The fourth-order valence-corrected chi connectivity index (χ4v) is 2.58. The molecule has 0 aliphatic heterocycles. The van der Waals surface area contributed by atoms with Crippen LogP contribution in [-0.2, 0) is 4.79 Å². The van der Waals surface area contributed by atoms with Crippen molar-refractivity contribution in [3.63, 3.8) is 0 Å². The van der Waals surface area contributed by atoms with Crippen molar-refractivity contribution in [1.29, 1.82) is 0 Å². The van der Waals surface area contributed by atoms with Crippen LogP contribution in [0, 0.1) is 6.92 Å². The lowest BCUT2D eigenvalue weighted by Crippen LogP contribution is -2.26. The molecule has 128 valence electrons. The molecule has 0 saturated heterocycles. The normalized spacial score (nSPS) is 12.1. The Labute approximate surface area is 148 Å². The molecule has 0 unspecified atom stereocenters. The smallest absolute Gasteiger partial charge is 0.344 e. The number of carbonyl (C=O) groups is 1. The van der Waals surface area contributed by atoms with E-state index in [9.17, 15) is 9.59 Å². The van der Waals surface area contributed by atoms with Gasteiger partial charge in [-0.05, 0) is 31.5 Å². The Bertz CT molecular complexity index is 1010. The van der Waals surface area contributed by atoms with Gasteiger partial charge < -0.3 is 14.3 Å². The molecule has 0 spiro atoms. The van der Waals surface area contributed by atoms with E-state index in [1.807, 2.05) is 6.07 Å². The first-order valence-electron chi connectivity index (χ1n) is 7.60. The topological polar surface area (TPSA) is 76.7 Å². The molecular weight excluding hydrogens is 344 g/mol. The lowest BCUT2D eigenvalue weighted by atomic mass is 10.1. The third kappa shape index (κ3) is 3.23. The van der Waals surface area contributed by atoms with Crippen LogP contribution in [0.3, 0.4) is 0 Å². The van der Waals surface area contributed by atoms with Gasteiger partial charge in [-0.25, -0.2) is 4.79 Å². The van der Waals surface area contributed by atoms with Crippen LogP contribution in [-0.4, -0.2) is 17.2 Å². The first kappa shape index (κ1) is 17.0. The molecule has 0 saturated carbocycles. The number of carboxylic acid groups (broad SMARTS) is 1. The Morgan fingerprint density at radius 2 is 1.92 bits per heavy atom. The number of hydrogen-bond acceptors (Lipinski definition) is 4. The summed E-state index contributed by atoms with van der Waals surface area (Å²) in [5.41, 5.74) is 1.28. The van der Waals surface area contributed by atoms with Gasteiger partial charge in [-0.3, -0.25) is 4.79 Å². The fourth-order valence-electron chi connectivity index (χ4n) is 2.41. The lowest BCUT2D eigenvalue weighted by Gasteiger charge is -2.14. The molecule has 0 bridgehead atoms. The minimum Gasteiger partial charge on any atom is -0.479 e. The molecule has 3 rings (SSSR count). The SMILES string of the molecule is Cc1cc2oc(-c3ccccc3)c(O[C@H](C)C(=O)O)c(=O)c2cc1Cl. The molecule has 6 heteroatoms. The first-order valence-corrected chi connectivity index (χ1v) is 7.98. The van der Waals surface area contributed by atoms with Crippen LogP contribution in [0.25, 0.3) is 22.3 Å². The Kier molecular flexibility index (Phi) is 4.51. The summed E-state index contributed by atoms with van der Waals surface area (Å²) in [6.45, 7) is 3.16. The van der Waals surface area contributed by atoms with Crippen molar-refractivity contribution in [2.24, 2.45) is 0 Å². The quantitative estimate of drug-likeness (QED) is 0.753. The lowest BCUT2D eigenvalue weighted by molar-refractivity contribution is -0.144. The van der Waals surface area contributed by atoms with Crippen LogP contribution in [0.5, 0.6) is 5.75 Å². The van der Waals surface area contributed by atoms with Gasteiger partial charge in [-0.2, -0.15) is 0 Å². The maximum Gasteiger partial charge on any atom is 0.344 e. The second-order valence-corrected chi connectivity index (χ2v) is 6.06. The molecule has 0 amide bonds. The number of benzene rings is 2. The molecule has 1 atom stereocenters. The zero-order chi connectivity index (χ0) is 18.1. The van der Waals surface area contributed by atoms with Crippen LogP contribution < -0.4 is 10.2 Å². The summed E-state index contributed by atoms with van der Waals surface area (Å²) in [6.07, 6.45) is -1.20. The van der Waals surface area contributed by atoms with E-state index in [1.54, 1.807) is 37.3 Å². The highest BCUT2D eigenvalue weighted by Gasteiger charge is 2.22. The van der Waals surface area contributed by atoms with Crippen molar-refractivity contribution in [3.8, 4) is 17.1 Å². The van der Waals surface area contributed by atoms with Gasteiger partial charge in [0.05, 0.1) is 5.39 Å². The molecule has 1 N–H and O–H groups in total. The van der Waals surface area contributed by atoms with E-state index in [2.05, 4.69) is 0 Å². The highest BCUT2D eigenvalue weighted by Crippen LogP contribution is 2.33. The van der Waals surface area contributed by atoms with E-state index < -0.39 is 17.5 Å². The summed E-state index contributed by atoms with van der Waals surface area (Å²) >= 11 is 6.11. The average Bonchev–Trinajstić information content (AvgIpc) is 2.59. The number of aryl methyl sites for hydroxylation is 1. The van der Waals surface area contributed by atoms with E-state index in [4.69, 9.17) is 25.9 Å². The minimum absolute atomic E-state index is 0.145. The van der Waals surface area contributed by atoms with Crippen LogP contribution >= 0.6 is 11.6 Å². The maximum atomic E-state index is 12.9. The minimum atomic E-state index is -1.20. The molecule has 2 aromatic carbocycles. The van der Waals surface area contributed by atoms with Crippen LogP contribution in [0.4, 0.5) is 0 Å². The van der Waals surface area contributed by atoms with Gasteiger partial charge in [-0.15, -0.1) is 0 Å². The van der Waals surface area contributed by atoms with Crippen LogP contribution in [0.15, 0.2) is 51.7 Å². The molecule has 1 aromatic heterocycles. The first-order chi connectivity index (χ1) is 11.9. The molecule has 0 aliphatic carbocycles. The molecule has 0 aliphatic rings. The van der Waals surface area contributed by atoms with E-state index in [-0.39, 0.29) is 16.9 Å². The van der Waals surface area contributed by atoms with Gasteiger partial charge >= 0.3 is 5.97 Å². The zero-order valence-electron chi connectivity index (χ0n) is 13.6. The third-order valence-corrected chi connectivity index (χ3v) is 4.22. The Morgan fingerprint density at radius 1 is 1.24 bits per heavy atom. The Hall–Kier alpha value is -2.79. The number of aliphatic carboxylic acids is 1.